The van der Waals surface area contributed by atoms with Gasteiger partial charge in [0.2, 0.25) is 0 Å². The van der Waals surface area contributed by atoms with E-state index in [9.17, 15) is 13.2 Å². The number of nitriles is 1. The van der Waals surface area contributed by atoms with E-state index in [4.69, 9.17) is 21.7 Å². The van der Waals surface area contributed by atoms with Crippen LogP contribution in [0.4, 0.5) is 13.2 Å². The normalized spacial score (nSPS) is 22.4. The number of nitrogens with zero attached hydrogens (tertiary/aromatic N) is 3. The van der Waals surface area contributed by atoms with Crippen molar-refractivity contribution in [3.63, 3.8) is 0 Å². The summed E-state index contributed by atoms with van der Waals surface area (Å²) in [6.45, 7) is 3.51. The quantitative estimate of drug-likeness (QED) is 0.810. The Morgan fingerprint density at radius 1 is 1.57 bits per heavy atom. The number of oxime groups is 1. The largest absolute Gasteiger partial charge is 0.435 e. The first-order valence-corrected chi connectivity index (χ1v) is 8.18. The average molecular weight is 367 g/mol. The predicted molar refractivity (Wildman–Crippen MR) is 81.2 cm³/mol. The van der Waals surface area contributed by atoms with E-state index in [1.165, 1.54) is 0 Å². The fourth-order valence-electron chi connectivity index (χ4n) is 2.16. The molecule has 0 fully saturated rings. The van der Waals surface area contributed by atoms with Gasteiger partial charge < -0.3 is 4.84 Å². The van der Waals surface area contributed by atoms with E-state index < -0.39 is 22.7 Å². The van der Waals surface area contributed by atoms with Gasteiger partial charge in [-0.2, -0.15) is 23.5 Å². The Hall–Kier alpha value is -1.40. The summed E-state index contributed by atoms with van der Waals surface area (Å²) < 4.78 is 39.3. The summed E-state index contributed by atoms with van der Waals surface area (Å²) in [6.07, 6.45) is -3.84. The lowest BCUT2D eigenvalue weighted by molar-refractivity contribution is -0.141. The average Bonchev–Trinajstić information content (AvgIpc) is 3.08. The van der Waals surface area contributed by atoms with E-state index in [1.54, 1.807) is 19.9 Å². The highest BCUT2D eigenvalue weighted by Crippen LogP contribution is 2.44. The van der Waals surface area contributed by atoms with Gasteiger partial charge in [-0.25, -0.2) is 0 Å². The molecule has 23 heavy (non-hydrogen) atoms. The minimum atomic E-state index is -4.63. The zero-order valence-corrected chi connectivity index (χ0v) is 13.9. The fourth-order valence-corrected chi connectivity index (χ4v) is 3.61. The van der Waals surface area contributed by atoms with Crippen LogP contribution in [0.3, 0.4) is 0 Å². The number of H-pyrrole nitrogens is 1. The maximum Gasteiger partial charge on any atom is 0.435 e. The SMILES string of the molecule is CCC(SC1=NOC(C)(CCl)C1)c1c(C(F)(F)F)n[nH]c1C#N. The summed E-state index contributed by atoms with van der Waals surface area (Å²) in [5, 5.41) is 18.3. The molecule has 0 spiro atoms. The molecule has 2 rings (SSSR count). The Labute approximate surface area is 140 Å². The molecule has 5 nitrogen and oxygen atoms in total. The minimum absolute atomic E-state index is 0.144. The Balaban J connectivity index is 2.29. The molecule has 1 aromatic heterocycles. The Morgan fingerprint density at radius 2 is 2.26 bits per heavy atom. The number of hydrogen-bond acceptors (Lipinski definition) is 5. The third-order valence-corrected chi connectivity index (χ3v) is 5.24. The van der Waals surface area contributed by atoms with Gasteiger partial charge in [-0.1, -0.05) is 23.8 Å². The monoisotopic (exact) mass is 366 g/mol. The molecule has 10 heteroatoms. The van der Waals surface area contributed by atoms with E-state index >= 15 is 0 Å². The molecule has 2 atom stereocenters. The van der Waals surface area contributed by atoms with Gasteiger partial charge in [0.05, 0.1) is 5.88 Å². The van der Waals surface area contributed by atoms with Crippen LogP contribution in [-0.4, -0.2) is 26.7 Å². The van der Waals surface area contributed by atoms with Gasteiger partial charge in [0.1, 0.15) is 16.8 Å². The fraction of sp³-hybridized carbons (Fsp3) is 0.615. The summed E-state index contributed by atoms with van der Waals surface area (Å²) in [5.41, 5.74) is -2.04. The molecule has 0 bridgehead atoms. The molecule has 0 saturated heterocycles. The number of halogens is 4. The number of aromatic nitrogens is 2. The van der Waals surface area contributed by atoms with E-state index in [2.05, 4.69) is 15.4 Å². The highest BCUT2D eigenvalue weighted by Gasteiger charge is 2.41. The molecule has 0 aliphatic carbocycles. The molecule has 0 radical (unpaired) electrons. The second-order valence-electron chi connectivity index (χ2n) is 5.32. The molecule has 1 aliphatic rings. The van der Waals surface area contributed by atoms with Gasteiger partial charge in [-0.3, -0.25) is 5.10 Å². The molecule has 2 unspecified atom stereocenters. The molecule has 2 heterocycles. The van der Waals surface area contributed by atoms with Crippen LogP contribution in [-0.2, 0) is 11.0 Å². The Morgan fingerprint density at radius 3 is 2.74 bits per heavy atom. The van der Waals surface area contributed by atoms with Gasteiger partial charge in [0.25, 0.3) is 0 Å². The first-order chi connectivity index (χ1) is 10.7. The number of thioether (sulfide) groups is 1. The highest BCUT2D eigenvalue weighted by atomic mass is 35.5. The first kappa shape index (κ1) is 17.9. The second-order valence-corrected chi connectivity index (χ2v) is 6.87. The van der Waals surface area contributed by atoms with Crippen LogP contribution in [0, 0.1) is 11.3 Å². The van der Waals surface area contributed by atoms with Crippen molar-refractivity contribution in [1.29, 1.82) is 5.26 Å². The number of hydrogen-bond donors (Lipinski definition) is 1. The molecule has 1 N–H and O–H groups in total. The second kappa shape index (κ2) is 6.61. The van der Waals surface area contributed by atoms with Crippen LogP contribution in [0.25, 0.3) is 0 Å². The summed E-state index contributed by atoms with van der Waals surface area (Å²) in [7, 11) is 0. The van der Waals surface area contributed by atoms with Crippen molar-refractivity contribution in [3.05, 3.63) is 17.0 Å². The van der Waals surface area contributed by atoms with Crippen molar-refractivity contribution >= 4 is 28.4 Å². The molecule has 1 aromatic rings. The van der Waals surface area contributed by atoms with Crippen molar-refractivity contribution in [1.82, 2.24) is 10.2 Å². The number of nitrogens with one attached hydrogen (secondary N) is 1. The lowest BCUT2D eigenvalue weighted by Gasteiger charge is -2.18. The van der Waals surface area contributed by atoms with Crippen LogP contribution in [0.5, 0.6) is 0 Å². The van der Waals surface area contributed by atoms with Gasteiger partial charge >= 0.3 is 6.18 Å². The smallest absolute Gasteiger partial charge is 0.387 e. The number of aromatic amines is 1. The molecule has 0 aromatic carbocycles. The van der Waals surface area contributed by atoms with Crippen molar-refractivity contribution in [2.45, 2.75) is 43.7 Å². The van der Waals surface area contributed by atoms with Gasteiger partial charge in [0, 0.05) is 17.2 Å². The minimum Gasteiger partial charge on any atom is -0.387 e. The van der Waals surface area contributed by atoms with Crippen molar-refractivity contribution in [3.8, 4) is 6.07 Å². The van der Waals surface area contributed by atoms with Crippen LogP contribution >= 0.6 is 23.4 Å². The van der Waals surface area contributed by atoms with Crippen LogP contribution < -0.4 is 0 Å². The maximum atomic E-state index is 13.1. The molecular formula is C13H14ClF3N4OS. The molecule has 0 saturated carbocycles. The van der Waals surface area contributed by atoms with Crippen molar-refractivity contribution in [2.75, 3.05) is 5.88 Å². The topological polar surface area (TPSA) is 74.1 Å². The highest BCUT2D eigenvalue weighted by molar-refractivity contribution is 8.14. The first-order valence-electron chi connectivity index (χ1n) is 6.77. The van der Waals surface area contributed by atoms with Crippen LogP contribution in [0.15, 0.2) is 5.16 Å². The van der Waals surface area contributed by atoms with E-state index in [0.717, 1.165) is 11.8 Å². The van der Waals surface area contributed by atoms with Crippen LogP contribution in [0.1, 0.15) is 48.9 Å². The lowest BCUT2D eigenvalue weighted by atomic mass is 10.1. The van der Waals surface area contributed by atoms with Gasteiger partial charge in [-0.15, -0.1) is 11.6 Å². The summed E-state index contributed by atoms with van der Waals surface area (Å²) in [6, 6.07) is 1.73. The predicted octanol–water partition coefficient (Wildman–Crippen LogP) is 4.22. The maximum absolute atomic E-state index is 13.1. The summed E-state index contributed by atoms with van der Waals surface area (Å²) in [4.78, 5) is 5.24. The van der Waals surface area contributed by atoms with E-state index in [0.29, 0.717) is 17.9 Å². The lowest BCUT2D eigenvalue weighted by Crippen LogP contribution is -2.26. The number of rotatable bonds is 4. The molecule has 1 aliphatic heterocycles. The van der Waals surface area contributed by atoms with E-state index in [1.807, 2.05) is 0 Å². The third-order valence-electron chi connectivity index (χ3n) is 3.33. The third kappa shape index (κ3) is 3.75. The standard InChI is InChI=1S/C13H14ClF3N4OS/c1-3-8(23-9-4-12(2,6-14)22-21-9)10-7(5-18)19-20-11(10)13(15,16)17/h8H,3-4,6H2,1-2H3,(H,19,20). The molecule has 126 valence electrons. The molecular weight excluding hydrogens is 353 g/mol. The zero-order valence-electron chi connectivity index (χ0n) is 12.4. The summed E-state index contributed by atoms with van der Waals surface area (Å²) >= 11 is 6.95. The number of alkyl halides is 4. The van der Waals surface area contributed by atoms with Gasteiger partial charge in [-0.05, 0) is 13.3 Å². The van der Waals surface area contributed by atoms with E-state index in [-0.39, 0.29) is 17.1 Å². The van der Waals surface area contributed by atoms with Gasteiger partial charge in [0.15, 0.2) is 11.3 Å². The Bertz CT molecular complexity index is 655. The van der Waals surface area contributed by atoms with Crippen molar-refractivity contribution in [2.24, 2.45) is 5.16 Å². The zero-order chi connectivity index (χ0) is 17.3. The molecule has 0 amide bonds. The Kier molecular flexibility index (Phi) is 5.16. The van der Waals surface area contributed by atoms with Crippen LogP contribution in [0.2, 0.25) is 0 Å². The van der Waals surface area contributed by atoms with Crippen molar-refractivity contribution < 1.29 is 18.0 Å². The summed E-state index contributed by atoms with van der Waals surface area (Å²) in [5.74, 6) is 0.223.